The molecule has 0 saturated carbocycles. The first kappa shape index (κ1) is 29.9. The van der Waals surface area contributed by atoms with E-state index in [4.69, 9.17) is 0 Å². The lowest BCUT2D eigenvalue weighted by molar-refractivity contribution is 0.661. The van der Waals surface area contributed by atoms with Gasteiger partial charge >= 0.3 is 0 Å². The van der Waals surface area contributed by atoms with Gasteiger partial charge in [0.05, 0.1) is 5.69 Å². The lowest BCUT2D eigenvalue weighted by atomic mass is 9.82. The number of benzene rings is 8. The van der Waals surface area contributed by atoms with E-state index in [0.717, 1.165) is 17.1 Å². The average molecular weight is 670 g/mol. The number of anilines is 3. The van der Waals surface area contributed by atoms with Crippen LogP contribution in [-0.2, 0) is 5.41 Å². The third-order valence-corrected chi connectivity index (χ3v) is 12.0. The van der Waals surface area contributed by atoms with Crippen LogP contribution in [0.25, 0.3) is 64.3 Å². The van der Waals surface area contributed by atoms with Crippen molar-refractivity contribution in [2.24, 2.45) is 0 Å². The van der Waals surface area contributed by atoms with E-state index in [1.807, 2.05) is 11.3 Å². The minimum atomic E-state index is -0.0967. The predicted octanol–water partition coefficient (Wildman–Crippen LogP) is 14.3. The molecule has 0 fully saturated rings. The Morgan fingerprint density at radius 3 is 1.86 bits per heavy atom. The van der Waals surface area contributed by atoms with E-state index in [2.05, 4.69) is 195 Å². The van der Waals surface area contributed by atoms with Crippen LogP contribution >= 0.6 is 11.3 Å². The molecule has 8 aromatic carbocycles. The molecule has 2 heteroatoms. The first-order valence-electron chi connectivity index (χ1n) is 17.7. The fourth-order valence-electron chi connectivity index (χ4n) is 8.33. The molecule has 1 heterocycles. The number of hydrogen-bond acceptors (Lipinski definition) is 2. The molecule has 0 radical (unpaired) electrons. The highest BCUT2D eigenvalue weighted by atomic mass is 32.1. The van der Waals surface area contributed by atoms with Gasteiger partial charge in [0.15, 0.2) is 0 Å². The maximum absolute atomic E-state index is 2.48. The predicted molar refractivity (Wildman–Crippen MR) is 220 cm³/mol. The van der Waals surface area contributed by atoms with Crippen molar-refractivity contribution in [3.63, 3.8) is 0 Å². The topological polar surface area (TPSA) is 3.24 Å². The van der Waals surface area contributed by atoms with Crippen molar-refractivity contribution < 1.29 is 0 Å². The van der Waals surface area contributed by atoms with Crippen LogP contribution in [0.2, 0.25) is 0 Å². The molecule has 0 aliphatic heterocycles. The van der Waals surface area contributed by atoms with Gasteiger partial charge in [-0.05, 0) is 98.2 Å². The molecule has 10 rings (SSSR count). The van der Waals surface area contributed by atoms with Gasteiger partial charge in [0.25, 0.3) is 0 Å². The highest BCUT2D eigenvalue weighted by Gasteiger charge is 2.36. The molecule has 1 nitrogen and oxygen atoms in total. The van der Waals surface area contributed by atoms with Gasteiger partial charge in [-0.1, -0.05) is 141 Å². The van der Waals surface area contributed by atoms with Crippen molar-refractivity contribution in [1.29, 1.82) is 0 Å². The van der Waals surface area contributed by atoms with Crippen LogP contribution in [0, 0.1) is 0 Å². The van der Waals surface area contributed by atoms with Gasteiger partial charge in [-0.15, -0.1) is 11.3 Å². The number of para-hydroxylation sites is 1. The number of fused-ring (bicyclic) bond motifs is 7. The van der Waals surface area contributed by atoms with E-state index >= 15 is 0 Å². The first-order valence-corrected chi connectivity index (χ1v) is 18.5. The fourth-order valence-corrected chi connectivity index (χ4v) is 9.47. The molecule has 0 unspecified atom stereocenters. The Morgan fingerprint density at radius 2 is 1.02 bits per heavy atom. The summed E-state index contributed by atoms with van der Waals surface area (Å²) < 4.78 is 2.61. The van der Waals surface area contributed by atoms with E-state index in [1.165, 1.54) is 75.5 Å². The van der Waals surface area contributed by atoms with Gasteiger partial charge in [-0.25, -0.2) is 0 Å². The Morgan fingerprint density at radius 1 is 0.412 bits per heavy atom. The Balaban J connectivity index is 1.22. The zero-order chi connectivity index (χ0) is 34.1. The van der Waals surface area contributed by atoms with Crippen LogP contribution in [0.5, 0.6) is 0 Å². The van der Waals surface area contributed by atoms with Gasteiger partial charge in [-0.2, -0.15) is 0 Å². The molecule has 0 spiro atoms. The number of thiophene rings is 1. The van der Waals surface area contributed by atoms with Crippen LogP contribution in [0.3, 0.4) is 0 Å². The standard InChI is InChI=1S/C49H35NS/c1-49(2)44-27-25-35(30-43(44)42-28-33-16-6-7-17-34(33)29-45(42)49)50(36-24-26-41-40-21-11-13-23-47(40)51-48(41)31-36)46-22-12-10-20-39(46)38-19-9-8-18-37(38)32-14-4-3-5-15-32/h3-31H,1-2H3. The summed E-state index contributed by atoms with van der Waals surface area (Å²) in [6.45, 7) is 4.74. The molecule has 0 bridgehead atoms. The summed E-state index contributed by atoms with van der Waals surface area (Å²) in [5.74, 6) is 0. The van der Waals surface area contributed by atoms with Crippen LogP contribution in [0.1, 0.15) is 25.0 Å². The van der Waals surface area contributed by atoms with Gasteiger partial charge < -0.3 is 4.90 Å². The molecule has 1 aromatic heterocycles. The number of hydrogen-bond donors (Lipinski definition) is 0. The maximum Gasteiger partial charge on any atom is 0.0540 e. The summed E-state index contributed by atoms with van der Waals surface area (Å²) in [7, 11) is 0. The van der Waals surface area contributed by atoms with Crippen molar-refractivity contribution in [3.8, 4) is 33.4 Å². The Labute approximate surface area is 302 Å². The van der Waals surface area contributed by atoms with Crippen molar-refractivity contribution in [2.45, 2.75) is 19.3 Å². The minimum absolute atomic E-state index is 0.0967. The maximum atomic E-state index is 2.48. The summed E-state index contributed by atoms with van der Waals surface area (Å²) in [6, 6.07) is 64.9. The highest BCUT2D eigenvalue weighted by molar-refractivity contribution is 7.25. The lowest BCUT2D eigenvalue weighted by Gasteiger charge is -2.29. The van der Waals surface area contributed by atoms with E-state index in [9.17, 15) is 0 Å². The second-order valence-electron chi connectivity index (χ2n) is 14.1. The molecule has 51 heavy (non-hydrogen) atoms. The molecule has 9 aromatic rings. The third kappa shape index (κ3) is 4.75. The van der Waals surface area contributed by atoms with Crippen LogP contribution in [-0.4, -0.2) is 0 Å². The van der Waals surface area contributed by atoms with E-state index in [-0.39, 0.29) is 5.41 Å². The molecule has 1 aliphatic rings. The molecule has 0 N–H and O–H groups in total. The molecular weight excluding hydrogens is 635 g/mol. The third-order valence-electron chi connectivity index (χ3n) is 10.9. The van der Waals surface area contributed by atoms with Gasteiger partial charge in [0.1, 0.15) is 0 Å². The highest BCUT2D eigenvalue weighted by Crippen LogP contribution is 2.53. The molecule has 0 amide bonds. The van der Waals surface area contributed by atoms with Crippen LogP contribution in [0.4, 0.5) is 17.1 Å². The fraction of sp³-hybridized carbons (Fsp3) is 0.0612. The number of rotatable bonds is 5. The van der Waals surface area contributed by atoms with Crippen molar-refractivity contribution in [2.75, 3.05) is 4.90 Å². The Kier molecular flexibility index (Phi) is 6.78. The van der Waals surface area contributed by atoms with E-state index in [0.29, 0.717) is 0 Å². The van der Waals surface area contributed by atoms with Crippen molar-refractivity contribution >= 4 is 59.3 Å². The van der Waals surface area contributed by atoms with Crippen LogP contribution < -0.4 is 4.90 Å². The molecule has 0 atom stereocenters. The van der Waals surface area contributed by atoms with Crippen molar-refractivity contribution in [3.05, 3.63) is 187 Å². The van der Waals surface area contributed by atoms with Crippen LogP contribution in [0.15, 0.2) is 176 Å². The SMILES string of the molecule is CC1(C)c2ccc(N(c3ccc4c(c3)sc3ccccc34)c3ccccc3-c3ccccc3-c3ccccc3)cc2-c2cc3ccccc3cc21. The summed E-state index contributed by atoms with van der Waals surface area (Å²) in [4.78, 5) is 2.48. The largest absolute Gasteiger partial charge is 0.310 e. The molecule has 1 aliphatic carbocycles. The van der Waals surface area contributed by atoms with Crippen molar-refractivity contribution in [1.82, 2.24) is 0 Å². The summed E-state index contributed by atoms with van der Waals surface area (Å²) >= 11 is 1.87. The quantitative estimate of drug-likeness (QED) is 0.176. The van der Waals surface area contributed by atoms with Gasteiger partial charge in [-0.3, -0.25) is 0 Å². The van der Waals surface area contributed by atoms with Gasteiger partial charge in [0, 0.05) is 42.5 Å². The summed E-state index contributed by atoms with van der Waals surface area (Å²) in [5.41, 5.74) is 13.6. The summed E-state index contributed by atoms with van der Waals surface area (Å²) in [6.07, 6.45) is 0. The number of nitrogens with zero attached hydrogens (tertiary/aromatic N) is 1. The zero-order valence-corrected chi connectivity index (χ0v) is 29.4. The molecular formula is C49H35NS. The van der Waals surface area contributed by atoms with Gasteiger partial charge in [0.2, 0.25) is 0 Å². The van der Waals surface area contributed by atoms with E-state index < -0.39 is 0 Å². The second-order valence-corrected chi connectivity index (χ2v) is 15.2. The van der Waals surface area contributed by atoms with E-state index in [1.54, 1.807) is 0 Å². The average Bonchev–Trinajstić information content (AvgIpc) is 3.65. The Bertz CT molecular complexity index is 2790. The normalized spacial score (nSPS) is 13.1. The molecule has 242 valence electrons. The molecule has 0 saturated heterocycles. The second kappa shape index (κ2) is 11.6. The Hall–Kier alpha value is -5.96. The lowest BCUT2D eigenvalue weighted by Crippen LogP contribution is -2.15. The zero-order valence-electron chi connectivity index (χ0n) is 28.6. The summed E-state index contributed by atoms with van der Waals surface area (Å²) in [5, 5.41) is 5.19. The smallest absolute Gasteiger partial charge is 0.0540 e. The monoisotopic (exact) mass is 669 g/mol. The first-order chi connectivity index (χ1) is 25.0. The minimum Gasteiger partial charge on any atom is -0.310 e.